The van der Waals surface area contributed by atoms with E-state index >= 15 is 0 Å². The van der Waals surface area contributed by atoms with E-state index in [1.54, 1.807) is 0 Å². The van der Waals surface area contributed by atoms with Crippen LogP contribution in [0.1, 0.15) is 22.8 Å². The molecule has 5 rings (SSSR count). The fourth-order valence-corrected chi connectivity index (χ4v) is 5.44. The van der Waals surface area contributed by atoms with E-state index in [0.717, 1.165) is 55.7 Å². The first-order valence-corrected chi connectivity index (χ1v) is 10.5. The van der Waals surface area contributed by atoms with Gasteiger partial charge in [-0.1, -0.05) is 47.5 Å². The summed E-state index contributed by atoms with van der Waals surface area (Å²) in [6, 6.07) is 12.8. The van der Waals surface area contributed by atoms with Crippen LogP contribution < -0.4 is 10.1 Å². The third kappa shape index (κ3) is 3.05. The van der Waals surface area contributed by atoms with E-state index in [4.69, 9.17) is 27.9 Å². The van der Waals surface area contributed by atoms with E-state index in [1.165, 1.54) is 11.1 Å². The van der Waals surface area contributed by atoms with Crippen LogP contribution in [0.3, 0.4) is 0 Å². The summed E-state index contributed by atoms with van der Waals surface area (Å²) in [6.45, 7) is 6.54. The van der Waals surface area contributed by atoms with Crippen LogP contribution in [0.15, 0.2) is 36.4 Å². The second-order valence-corrected chi connectivity index (χ2v) is 8.91. The van der Waals surface area contributed by atoms with Gasteiger partial charge in [0.2, 0.25) is 0 Å². The van der Waals surface area contributed by atoms with Crippen molar-refractivity contribution in [1.82, 2.24) is 10.2 Å². The van der Waals surface area contributed by atoms with E-state index in [0.29, 0.717) is 16.1 Å². The van der Waals surface area contributed by atoms with Gasteiger partial charge in [0, 0.05) is 18.1 Å². The van der Waals surface area contributed by atoms with E-state index in [-0.39, 0.29) is 6.10 Å². The van der Waals surface area contributed by atoms with Crippen LogP contribution in [0.25, 0.3) is 0 Å². The summed E-state index contributed by atoms with van der Waals surface area (Å²) < 4.78 is 6.57. The Morgan fingerprint density at radius 1 is 1.04 bits per heavy atom. The van der Waals surface area contributed by atoms with Crippen LogP contribution in [0.2, 0.25) is 10.0 Å². The van der Waals surface area contributed by atoms with Gasteiger partial charge in [0.1, 0.15) is 11.9 Å². The molecule has 142 valence electrons. The summed E-state index contributed by atoms with van der Waals surface area (Å²) in [5.74, 6) is 2.28. The number of likely N-dealkylation sites (tertiary alicyclic amines) is 1. The Kier molecular flexibility index (Phi) is 4.60. The highest BCUT2D eigenvalue weighted by molar-refractivity contribution is 6.36. The minimum absolute atomic E-state index is 0.00561. The molecule has 1 aliphatic carbocycles. The van der Waals surface area contributed by atoms with Gasteiger partial charge in [-0.15, -0.1) is 0 Å². The summed E-state index contributed by atoms with van der Waals surface area (Å²) in [4.78, 5) is 2.65. The van der Waals surface area contributed by atoms with Crippen LogP contribution in [-0.4, -0.2) is 37.1 Å². The first kappa shape index (κ1) is 17.8. The number of ether oxygens (including phenoxy) is 1. The first-order chi connectivity index (χ1) is 13.1. The Bertz CT molecular complexity index is 859. The smallest absolute Gasteiger partial charge is 0.140 e. The summed E-state index contributed by atoms with van der Waals surface area (Å²) >= 11 is 12.8. The van der Waals surface area contributed by atoms with E-state index in [9.17, 15) is 0 Å². The Hall–Kier alpha value is -1.26. The van der Waals surface area contributed by atoms with Gasteiger partial charge >= 0.3 is 0 Å². The Balaban J connectivity index is 1.46. The zero-order chi connectivity index (χ0) is 18.5. The molecule has 5 heteroatoms. The van der Waals surface area contributed by atoms with E-state index in [2.05, 4.69) is 34.5 Å². The largest absolute Gasteiger partial charge is 0.482 e. The number of fused-ring (bicyclic) bond motifs is 2. The van der Waals surface area contributed by atoms with Gasteiger partial charge in [-0.25, -0.2) is 0 Å². The summed E-state index contributed by atoms with van der Waals surface area (Å²) in [6.07, 6.45) is 1.05. The number of nitrogens with zero attached hydrogens (tertiary/aromatic N) is 1. The maximum absolute atomic E-state index is 6.57. The number of rotatable bonds is 3. The molecule has 4 atom stereocenters. The van der Waals surface area contributed by atoms with Gasteiger partial charge in [-0.05, 0) is 67.1 Å². The fraction of sp³-hybridized carbons (Fsp3) is 0.455. The minimum atomic E-state index is 0.00561. The second kappa shape index (κ2) is 6.97. The molecule has 2 aromatic rings. The number of hydrogen-bond donors (Lipinski definition) is 1. The van der Waals surface area contributed by atoms with Gasteiger partial charge in [-0.2, -0.15) is 0 Å². The molecule has 0 aromatic heterocycles. The molecule has 2 saturated heterocycles. The third-order valence-electron chi connectivity index (χ3n) is 6.57. The molecule has 3 nitrogen and oxygen atoms in total. The average Bonchev–Trinajstić information content (AvgIpc) is 3.35. The lowest BCUT2D eigenvalue weighted by Crippen LogP contribution is -2.40. The molecule has 0 saturated carbocycles. The quantitative estimate of drug-likeness (QED) is 0.817. The topological polar surface area (TPSA) is 24.5 Å². The van der Waals surface area contributed by atoms with Crippen molar-refractivity contribution in [3.8, 4) is 5.75 Å². The Morgan fingerprint density at radius 2 is 1.78 bits per heavy atom. The summed E-state index contributed by atoms with van der Waals surface area (Å²) in [5, 5.41) is 4.83. The number of nitrogens with one attached hydrogen (secondary N) is 1. The highest BCUT2D eigenvalue weighted by atomic mass is 35.5. The predicted octanol–water partition coefficient (Wildman–Crippen LogP) is 4.50. The lowest BCUT2D eigenvalue weighted by molar-refractivity contribution is 0.0890. The normalized spacial score (nSPS) is 29.7. The maximum atomic E-state index is 6.57. The average molecular weight is 403 g/mol. The minimum Gasteiger partial charge on any atom is -0.482 e. The van der Waals surface area contributed by atoms with Crippen LogP contribution >= 0.6 is 23.2 Å². The van der Waals surface area contributed by atoms with E-state index in [1.807, 2.05) is 19.1 Å². The Labute approximate surface area is 170 Å². The number of halogens is 2. The fourth-order valence-electron chi connectivity index (χ4n) is 5.03. The molecule has 2 heterocycles. The summed E-state index contributed by atoms with van der Waals surface area (Å²) in [7, 11) is 0. The monoisotopic (exact) mass is 402 g/mol. The Morgan fingerprint density at radius 3 is 2.56 bits per heavy atom. The molecule has 3 aliphatic rings. The molecular formula is C22H24Cl2N2O. The molecule has 2 aromatic carbocycles. The van der Waals surface area contributed by atoms with Crippen LogP contribution in [-0.2, 0) is 6.42 Å². The second-order valence-electron chi connectivity index (χ2n) is 8.13. The van der Waals surface area contributed by atoms with Gasteiger partial charge < -0.3 is 10.1 Å². The van der Waals surface area contributed by atoms with Gasteiger partial charge in [0.15, 0.2) is 0 Å². The highest BCUT2D eigenvalue weighted by Crippen LogP contribution is 2.43. The number of benzene rings is 2. The van der Waals surface area contributed by atoms with Gasteiger partial charge in [0.05, 0.1) is 11.1 Å². The van der Waals surface area contributed by atoms with Crippen LogP contribution in [0.5, 0.6) is 5.75 Å². The standard InChI is InChI=1S/C22H24Cl2N2O/c1-13-18(23)6-7-20(21(13)24)27-22-17-5-3-2-4-14(17)8-19(22)26-11-15-9-25-10-16(15)12-26/h2-7,15-16,19,22,25H,8-12H2,1H3/t15-,16+,19-,22-/m1/s1. The first-order valence-electron chi connectivity index (χ1n) is 9.75. The van der Waals surface area contributed by atoms with Crippen LogP contribution in [0.4, 0.5) is 0 Å². The third-order valence-corrected chi connectivity index (χ3v) is 7.44. The zero-order valence-corrected chi connectivity index (χ0v) is 16.9. The summed E-state index contributed by atoms with van der Waals surface area (Å²) in [5.41, 5.74) is 3.56. The highest BCUT2D eigenvalue weighted by Gasteiger charge is 2.44. The molecule has 0 spiro atoms. The molecular weight excluding hydrogens is 379 g/mol. The van der Waals surface area contributed by atoms with Crippen molar-refractivity contribution in [1.29, 1.82) is 0 Å². The van der Waals surface area contributed by atoms with Crippen molar-refractivity contribution >= 4 is 23.2 Å². The SMILES string of the molecule is Cc1c(Cl)ccc(O[C@@H]2c3ccccc3C[C@H]2N2C[C@H]3CNC[C@H]3C2)c1Cl. The molecule has 0 amide bonds. The predicted molar refractivity (Wildman–Crippen MR) is 110 cm³/mol. The molecule has 2 fully saturated rings. The van der Waals surface area contributed by atoms with Gasteiger partial charge in [0.25, 0.3) is 0 Å². The lowest BCUT2D eigenvalue weighted by Gasteiger charge is -2.31. The van der Waals surface area contributed by atoms with Crippen molar-refractivity contribution in [3.05, 3.63) is 63.1 Å². The van der Waals surface area contributed by atoms with Crippen molar-refractivity contribution in [2.75, 3.05) is 26.2 Å². The molecule has 27 heavy (non-hydrogen) atoms. The van der Waals surface area contributed by atoms with Crippen LogP contribution in [0, 0.1) is 18.8 Å². The maximum Gasteiger partial charge on any atom is 0.140 e. The van der Waals surface area contributed by atoms with Crippen molar-refractivity contribution in [2.45, 2.75) is 25.5 Å². The molecule has 0 bridgehead atoms. The van der Waals surface area contributed by atoms with Crippen molar-refractivity contribution < 1.29 is 4.74 Å². The molecule has 0 unspecified atom stereocenters. The van der Waals surface area contributed by atoms with Gasteiger partial charge in [-0.3, -0.25) is 4.90 Å². The zero-order valence-electron chi connectivity index (χ0n) is 15.4. The van der Waals surface area contributed by atoms with Crippen molar-refractivity contribution in [3.63, 3.8) is 0 Å². The molecule has 2 aliphatic heterocycles. The number of hydrogen-bond acceptors (Lipinski definition) is 3. The molecule has 1 N–H and O–H groups in total. The molecule has 0 radical (unpaired) electrons. The van der Waals surface area contributed by atoms with Crippen molar-refractivity contribution in [2.24, 2.45) is 11.8 Å². The van der Waals surface area contributed by atoms with E-state index < -0.39 is 0 Å². The lowest BCUT2D eigenvalue weighted by atomic mass is 10.0.